The van der Waals surface area contributed by atoms with Gasteiger partial charge in [-0.15, -0.1) is 6.58 Å². The molecule has 0 aliphatic carbocycles. The summed E-state index contributed by atoms with van der Waals surface area (Å²) in [6.45, 7) is 3.29. The first-order valence-corrected chi connectivity index (χ1v) is 11.5. The minimum Gasteiger partial charge on any atom is -0.394 e. The van der Waals surface area contributed by atoms with Gasteiger partial charge in [-0.1, -0.05) is 54.6 Å². The zero-order valence-electron chi connectivity index (χ0n) is 19.2. The summed E-state index contributed by atoms with van der Waals surface area (Å²) < 4.78 is 0. The van der Waals surface area contributed by atoms with Crippen molar-refractivity contribution < 1.29 is 19.8 Å². The predicted molar refractivity (Wildman–Crippen MR) is 133 cm³/mol. The number of allylic oxidation sites excluding steroid dienone is 1. The third kappa shape index (κ3) is 7.04. The number of hydrogen-bond acceptors (Lipinski definition) is 4. The van der Waals surface area contributed by atoms with E-state index in [2.05, 4.69) is 22.2 Å². The fourth-order valence-electron chi connectivity index (χ4n) is 4.10. The van der Waals surface area contributed by atoms with Gasteiger partial charge in [0.25, 0.3) is 0 Å². The Morgan fingerprint density at radius 2 is 1.62 bits per heavy atom. The van der Waals surface area contributed by atoms with Crippen LogP contribution in [0.2, 0.25) is 0 Å². The first kappa shape index (κ1) is 25.2. The van der Waals surface area contributed by atoms with Crippen LogP contribution in [0.4, 0.5) is 0 Å². The quantitative estimate of drug-likeness (QED) is 0.251. The van der Waals surface area contributed by atoms with Crippen molar-refractivity contribution in [1.82, 2.24) is 15.6 Å². The number of H-pyrrole nitrogens is 1. The Bertz CT molecular complexity index is 1080. The molecular weight excluding hydrogens is 430 g/mol. The molecule has 7 heteroatoms. The largest absolute Gasteiger partial charge is 0.394 e. The topological polar surface area (TPSA) is 114 Å². The lowest BCUT2D eigenvalue weighted by Gasteiger charge is -2.22. The summed E-state index contributed by atoms with van der Waals surface area (Å²) in [5.41, 5.74) is 3.00. The van der Waals surface area contributed by atoms with Gasteiger partial charge in [0, 0.05) is 23.5 Å². The highest BCUT2D eigenvalue weighted by Gasteiger charge is 2.25. The number of carbonyl (C=O) groups excluding carboxylic acids is 2. The first-order valence-electron chi connectivity index (χ1n) is 11.5. The van der Waals surface area contributed by atoms with Gasteiger partial charge in [0.1, 0.15) is 0 Å². The van der Waals surface area contributed by atoms with Crippen molar-refractivity contribution in [3.05, 3.63) is 84.6 Å². The maximum absolute atomic E-state index is 13.0. The van der Waals surface area contributed by atoms with Gasteiger partial charge >= 0.3 is 0 Å². The minimum absolute atomic E-state index is 0.0334. The van der Waals surface area contributed by atoms with Crippen LogP contribution in [0.1, 0.15) is 24.0 Å². The van der Waals surface area contributed by atoms with Crippen LogP contribution in [0.5, 0.6) is 0 Å². The second kappa shape index (κ2) is 12.7. The van der Waals surface area contributed by atoms with Gasteiger partial charge in [-0.3, -0.25) is 9.59 Å². The van der Waals surface area contributed by atoms with Crippen LogP contribution in [0.3, 0.4) is 0 Å². The van der Waals surface area contributed by atoms with Gasteiger partial charge in [0.15, 0.2) is 0 Å². The Kier molecular flexibility index (Phi) is 9.43. The molecule has 34 heavy (non-hydrogen) atoms. The normalized spacial score (nSPS) is 13.7. The number of aromatic amines is 1. The lowest BCUT2D eigenvalue weighted by atomic mass is 9.97. The molecule has 0 bridgehead atoms. The number of nitrogens with one attached hydrogen (secondary N) is 3. The van der Waals surface area contributed by atoms with Crippen LogP contribution in [0.15, 0.2) is 73.4 Å². The fraction of sp³-hybridized carbons (Fsp3) is 0.333. The van der Waals surface area contributed by atoms with E-state index < -0.39 is 18.0 Å². The molecule has 1 heterocycles. The van der Waals surface area contributed by atoms with E-state index in [0.717, 1.165) is 22.0 Å². The second-order valence-corrected chi connectivity index (χ2v) is 8.51. The van der Waals surface area contributed by atoms with E-state index in [9.17, 15) is 19.8 Å². The van der Waals surface area contributed by atoms with Crippen molar-refractivity contribution in [1.29, 1.82) is 0 Å². The molecular formula is C27H33N3O4. The smallest absolute Gasteiger partial charge is 0.224 e. The second-order valence-electron chi connectivity index (χ2n) is 8.51. The van der Waals surface area contributed by atoms with Gasteiger partial charge in [0.05, 0.1) is 31.2 Å². The molecule has 2 aromatic carbocycles. The van der Waals surface area contributed by atoms with Crippen molar-refractivity contribution in [2.45, 2.75) is 37.8 Å². The first-order chi connectivity index (χ1) is 16.5. The molecule has 7 nitrogen and oxygen atoms in total. The highest BCUT2D eigenvalue weighted by atomic mass is 16.3. The molecule has 0 aliphatic rings. The van der Waals surface area contributed by atoms with E-state index in [1.165, 1.54) is 0 Å². The van der Waals surface area contributed by atoms with E-state index in [-0.39, 0.29) is 31.4 Å². The third-order valence-electron chi connectivity index (χ3n) is 5.87. The molecule has 0 aliphatic heterocycles. The van der Waals surface area contributed by atoms with Gasteiger partial charge in [0.2, 0.25) is 11.8 Å². The van der Waals surface area contributed by atoms with Crippen LogP contribution >= 0.6 is 0 Å². The molecule has 0 saturated carbocycles. The monoisotopic (exact) mass is 463 g/mol. The highest BCUT2D eigenvalue weighted by Crippen LogP contribution is 2.19. The number of hydrogen-bond donors (Lipinski definition) is 5. The summed E-state index contributed by atoms with van der Waals surface area (Å²) in [5.74, 6) is -1.24. The summed E-state index contributed by atoms with van der Waals surface area (Å²) in [4.78, 5) is 28.8. The number of benzene rings is 2. The Hall–Kier alpha value is -3.42. The van der Waals surface area contributed by atoms with E-state index in [1.54, 1.807) is 6.08 Å². The van der Waals surface area contributed by atoms with Crippen LogP contribution < -0.4 is 10.6 Å². The number of aliphatic hydroxyl groups excluding tert-OH is 2. The molecule has 3 rings (SSSR count). The summed E-state index contributed by atoms with van der Waals surface area (Å²) in [6.07, 6.45) is 4.75. The number of para-hydroxylation sites is 1. The lowest BCUT2D eigenvalue weighted by Crippen LogP contribution is -2.45. The molecule has 0 saturated heterocycles. The molecule has 1 aromatic heterocycles. The van der Waals surface area contributed by atoms with Crippen LogP contribution in [-0.4, -0.2) is 52.3 Å². The highest BCUT2D eigenvalue weighted by molar-refractivity contribution is 5.86. The van der Waals surface area contributed by atoms with Crippen LogP contribution in [0, 0.1) is 5.92 Å². The van der Waals surface area contributed by atoms with Crippen molar-refractivity contribution in [3.63, 3.8) is 0 Å². The molecule has 0 radical (unpaired) electrons. The van der Waals surface area contributed by atoms with E-state index in [0.29, 0.717) is 19.3 Å². The molecule has 5 N–H and O–H groups in total. The Morgan fingerprint density at radius 3 is 2.32 bits per heavy atom. The number of amides is 2. The average molecular weight is 464 g/mol. The van der Waals surface area contributed by atoms with Gasteiger partial charge in [-0.2, -0.15) is 0 Å². The van der Waals surface area contributed by atoms with Crippen LogP contribution in [0.25, 0.3) is 10.9 Å². The summed E-state index contributed by atoms with van der Waals surface area (Å²) in [5, 5.41) is 26.3. The van der Waals surface area contributed by atoms with Crippen molar-refractivity contribution in [2.75, 3.05) is 13.2 Å². The predicted octanol–water partition coefficient (Wildman–Crippen LogP) is 2.49. The van der Waals surface area contributed by atoms with Crippen molar-refractivity contribution in [2.24, 2.45) is 5.92 Å². The maximum Gasteiger partial charge on any atom is 0.224 e. The minimum atomic E-state index is -0.620. The Labute approximate surface area is 199 Å². The Morgan fingerprint density at radius 1 is 0.941 bits per heavy atom. The van der Waals surface area contributed by atoms with Gasteiger partial charge < -0.3 is 25.8 Å². The number of carbonyl (C=O) groups is 2. The molecule has 0 unspecified atom stereocenters. The SMILES string of the molecule is C=CC[C@H](CC(=O)N[C@H](CO)Cc1ccccc1)C(=O)N[C@H](CO)Cc1c[nH]c2ccccc12. The number of rotatable bonds is 13. The summed E-state index contributed by atoms with van der Waals surface area (Å²) >= 11 is 0. The summed E-state index contributed by atoms with van der Waals surface area (Å²) in [6, 6.07) is 16.5. The molecule has 0 fully saturated rings. The summed E-state index contributed by atoms with van der Waals surface area (Å²) in [7, 11) is 0. The molecule has 0 spiro atoms. The zero-order chi connectivity index (χ0) is 24.3. The molecule has 3 aromatic rings. The maximum atomic E-state index is 13.0. The van der Waals surface area contributed by atoms with Crippen molar-refractivity contribution >= 4 is 22.7 Å². The zero-order valence-corrected chi connectivity index (χ0v) is 19.2. The average Bonchev–Trinajstić information content (AvgIpc) is 3.26. The van der Waals surface area contributed by atoms with E-state index >= 15 is 0 Å². The fourth-order valence-corrected chi connectivity index (χ4v) is 4.10. The van der Waals surface area contributed by atoms with Gasteiger partial charge in [-0.25, -0.2) is 0 Å². The van der Waals surface area contributed by atoms with Crippen molar-refractivity contribution in [3.8, 4) is 0 Å². The van der Waals surface area contributed by atoms with Gasteiger partial charge in [-0.05, 0) is 36.5 Å². The third-order valence-corrected chi connectivity index (χ3v) is 5.87. The number of aromatic nitrogens is 1. The molecule has 180 valence electrons. The molecule has 2 amide bonds. The van der Waals surface area contributed by atoms with Crippen LogP contribution in [-0.2, 0) is 22.4 Å². The van der Waals surface area contributed by atoms with E-state index in [4.69, 9.17) is 0 Å². The number of aliphatic hydroxyl groups is 2. The van der Waals surface area contributed by atoms with E-state index in [1.807, 2.05) is 60.8 Å². The molecule has 3 atom stereocenters. The lowest BCUT2D eigenvalue weighted by molar-refractivity contribution is -0.131. The number of fused-ring (bicyclic) bond motifs is 1. The standard InChI is InChI=1S/C27H33N3O4/c1-2-8-20(15-26(33)29-22(17-31)13-19-9-4-3-5-10-19)27(34)30-23(18-32)14-21-16-28-25-12-7-6-11-24(21)25/h2-7,9-12,16,20,22-23,28,31-32H,1,8,13-15,17-18H2,(H,29,33)(H,30,34)/t20-,22+,23+/m1/s1. The Balaban J connectivity index is 1.58.